The van der Waals surface area contributed by atoms with Crippen LogP contribution < -0.4 is 5.32 Å². The van der Waals surface area contributed by atoms with Gasteiger partial charge >= 0.3 is 0 Å². The molecular weight excluding hydrogens is 477 g/mol. The fourth-order valence-electron chi connectivity index (χ4n) is 1.94. The van der Waals surface area contributed by atoms with Crippen molar-refractivity contribution >= 4 is 51.4 Å². The number of aliphatic imine (C=N–C) groups is 1. The van der Waals surface area contributed by atoms with E-state index in [-0.39, 0.29) is 36.3 Å². The second-order valence-corrected chi connectivity index (χ2v) is 8.16. The minimum Gasteiger partial charge on any atom is -0.378 e. The molecule has 0 unspecified atom stereocenters. The monoisotopic (exact) mass is 503 g/mol. The first-order valence-corrected chi connectivity index (χ1v) is 10.2. The SMILES string of the molecule is CCNC(=NCCOCCS(C)(=O)=O)N(C)Cc1ccc(Cl)cc1.I. The van der Waals surface area contributed by atoms with Crippen LogP contribution in [0.25, 0.3) is 0 Å². The Labute approximate surface area is 172 Å². The fourth-order valence-corrected chi connectivity index (χ4v) is 2.48. The molecule has 0 heterocycles. The number of benzene rings is 1. The zero-order valence-electron chi connectivity index (χ0n) is 14.9. The van der Waals surface area contributed by atoms with Crippen LogP contribution in [-0.2, 0) is 21.1 Å². The predicted molar refractivity (Wildman–Crippen MR) is 115 cm³/mol. The molecule has 1 N–H and O–H groups in total. The van der Waals surface area contributed by atoms with Crippen LogP contribution >= 0.6 is 35.6 Å². The number of hydrogen-bond donors (Lipinski definition) is 1. The van der Waals surface area contributed by atoms with Crippen molar-refractivity contribution in [3.05, 3.63) is 34.9 Å². The van der Waals surface area contributed by atoms with Crippen molar-refractivity contribution in [3.63, 3.8) is 0 Å². The molecule has 0 aliphatic heterocycles. The summed E-state index contributed by atoms with van der Waals surface area (Å²) in [7, 11) is -1.02. The lowest BCUT2D eigenvalue weighted by Gasteiger charge is -2.22. The number of nitrogens with zero attached hydrogens (tertiary/aromatic N) is 2. The van der Waals surface area contributed by atoms with Gasteiger partial charge in [0.2, 0.25) is 0 Å². The van der Waals surface area contributed by atoms with E-state index in [1.807, 2.05) is 43.1 Å². The molecule has 0 radical (unpaired) electrons. The van der Waals surface area contributed by atoms with Crippen LogP contribution in [0.3, 0.4) is 0 Å². The van der Waals surface area contributed by atoms with Gasteiger partial charge in [0.05, 0.1) is 25.5 Å². The number of halogens is 2. The normalized spacial score (nSPS) is 11.8. The lowest BCUT2D eigenvalue weighted by atomic mass is 10.2. The molecule has 1 rings (SSSR count). The first-order chi connectivity index (χ1) is 11.3. The van der Waals surface area contributed by atoms with E-state index in [0.29, 0.717) is 24.7 Å². The van der Waals surface area contributed by atoms with Crippen molar-refractivity contribution in [1.29, 1.82) is 0 Å². The van der Waals surface area contributed by atoms with Crippen molar-refractivity contribution in [2.75, 3.05) is 45.4 Å². The Morgan fingerprint density at radius 2 is 1.92 bits per heavy atom. The van der Waals surface area contributed by atoms with E-state index in [2.05, 4.69) is 10.3 Å². The van der Waals surface area contributed by atoms with Crippen LogP contribution in [0.15, 0.2) is 29.3 Å². The van der Waals surface area contributed by atoms with Crippen LogP contribution in [0.2, 0.25) is 5.02 Å². The lowest BCUT2D eigenvalue weighted by molar-refractivity contribution is 0.157. The van der Waals surface area contributed by atoms with Gasteiger partial charge in [0.25, 0.3) is 0 Å². The van der Waals surface area contributed by atoms with Crippen LogP contribution in [0, 0.1) is 0 Å². The summed E-state index contributed by atoms with van der Waals surface area (Å²) < 4.78 is 27.3. The van der Waals surface area contributed by atoms with Crippen LogP contribution in [0.4, 0.5) is 0 Å². The zero-order valence-corrected chi connectivity index (χ0v) is 18.8. The molecule has 0 amide bonds. The van der Waals surface area contributed by atoms with Crippen molar-refractivity contribution in [3.8, 4) is 0 Å². The molecule has 0 saturated carbocycles. The number of guanidine groups is 1. The Morgan fingerprint density at radius 3 is 2.48 bits per heavy atom. The van der Waals surface area contributed by atoms with Crippen molar-refractivity contribution in [2.45, 2.75) is 13.5 Å². The van der Waals surface area contributed by atoms with Crippen molar-refractivity contribution < 1.29 is 13.2 Å². The summed E-state index contributed by atoms with van der Waals surface area (Å²) in [6.07, 6.45) is 1.20. The number of sulfone groups is 1. The molecule has 0 bridgehead atoms. The predicted octanol–water partition coefficient (Wildman–Crippen LogP) is 2.42. The average Bonchev–Trinajstić information content (AvgIpc) is 2.50. The molecule has 0 spiro atoms. The third kappa shape index (κ3) is 11.6. The van der Waals surface area contributed by atoms with Crippen molar-refractivity contribution in [2.24, 2.45) is 4.99 Å². The van der Waals surface area contributed by atoms with Gasteiger partial charge in [-0.2, -0.15) is 0 Å². The molecule has 1 aromatic rings. The van der Waals surface area contributed by atoms with Gasteiger partial charge in [-0.25, -0.2) is 8.42 Å². The van der Waals surface area contributed by atoms with E-state index < -0.39 is 9.84 Å². The Morgan fingerprint density at radius 1 is 1.28 bits per heavy atom. The molecule has 25 heavy (non-hydrogen) atoms. The molecule has 9 heteroatoms. The minimum atomic E-state index is -2.98. The first-order valence-electron chi connectivity index (χ1n) is 7.81. The summed E-state index contributed by atoms with van der Waals surface area (Å²) in [6, 6.07) is 7.70. The van der Waals surface area contributed by atoms with Crippen LogP contribution in [-0.4, -0.2) is 64.6 Å². The maximum atomic E-state index is 11.0. The molecule has 1 aromatic carbocycles. The smallest absolute Gasteiger partial charge is 0.194 e. The summed E-state index contributed by atoms with van der Waals surface area (Å²) in [5.41, 5.74) is 1.14. The fraction of sp³-hybridized carbons (Fsp3) is 0.562. The van der Waals surface area contributed by atoms with Crippen LogP contribution in [0.5, 0.6) is 0 Å². The number of hydrogen-bond acceptors (Lipinski definition) is 4. The van der Waals surface area contributed by atoms with Gasteiger partial charge in [0, 0.05) is 31.4 Å². The van der Waals surface area contributed by atoms with E-state index in [9.17, 15) is 8.42 Å². The quantitative estimate of drug-likeness (QED) is 0.243. The zero-order chi connectivity index (χ0) is 18.0. The standard InChI is InChI=1S/C16H26ClN3O3S.HI/c1-4-18-16(19-9-10-23-11-12-24(3,21)22)20(2)13-14-5-7-15(17)8-6-14;/h5-8H,4,9-13H2,1-3H3,(H,18,19);1H. The van der Waals surface area contributed by atoms with Gasteiger partial charge in [-0.3, -0.25) is 4.99 Å². The highest BCUT2D eigenvalue weighted by atomic mass is 127. The summed E-state index contributed by atoms with van der Waals surface area (Å²) >= 11 is 5.90. The highest BCUT2D eigenvalue weighted by Crippen LogP contribution is 2.11. The molecule has 0 aliphatic carbocycles. The van der Waals surface area contributed by atoms with Gasteiger partial charge in [-0.15, -0.1) is 24.0 Å². The molecule has 6 nitrogen and oxygen atoms in total. The molecule has 0 aromatic heterocycles. The Balaban J connectivity index is 0.00000576. The Hall–Kier alpha value is -0.580. The van der Waals surface area contributed by atoms with Gasteiger partial charge in [-0.05, 0) is 24.6 Å². The third-order valence-electron chi connectivity index (χ3n) is 3.13. The average molecular weight is 504 g/mol. The topological polar surface area (TPSA) is 71.0 Å². The van der Waals surface area contributed by atoms with E-state index >= 15 is 0 Å². The molecule has 0 fully saturated rings. The molecule has 0 saturated heterocycles. The summed E-state index contributed by atoms with van der Waals surface area (Å²) in [5.74, 6) is 0.812. The Kier molecular flexibility index (Phi) is 12.4. The summed E-state index contributed by atoms with van der Waals surface area (Å²) in [4.78, 5) is 6.51. The van der Waals surface area contributed by atoms with Crippen LogP contribution in [0.1, 0.15) is 12.5 Å². The lowest BCUT2D eigenvalue weighted by Crippen LogP contribution is -2.38. The van der Waals surface area contributed by atoms with Gasteiger partial charge in [0.15, 0.2) is 5.96 Å². The molecular formula is C16H27ClIN3O3S. The number of ether oxygens (including phenoxy) is 1. The first kappa shape index (κ1) is 24.4. The van der Waals surface area contributed by atoms with E-state index in [0.717, 1.165) is 18.1 Å². The number of rotatable bonds is 9. The van der Waals surface area contributed by atoms with Gasteiger partial charge in [-0.1, -0.05) is 23.7 Å². The molecule has 144 valence electrons. The maximum absolute atomic E-state index is 11.0. The maximum Gasteiger partial charge on any atom is 0.194 e. The van der Waals surface area contributed by atoms with E-state index in [4.69, 9.17) is 16.3 Å². The Bertz CT molecular complexity index is 624. The van der Waals surface area contributed by atoms with E-state index in [1.54, 1.807) is 0 Å². The second kappa shape index (κ2) is 12.7. The van der Waals surface area contributed by atoms with Crippen molar-refractivity contribution in [1.82, 2.24) is 10.2 Å². The summed E-state index contributed by atoms with van der Waals surface area (Å²) in [5, 5.41) is 3.94. The minimum absolute atomic E-state index is 0. The number of nitrogens with one attached hydrogen (secondary N) is 1. The second-order valence-electron chi connectivity index (χ2n) is 5.46. The molecule has 0 aliphatic rings. The third-order valence-corrected chi connectivity index (χ3v) is 4.29. The largest absolute Gasteiger partial charge is 0.378 e. The van der Waals surface area contributed by atoms with E-state index in [1.165, 1.54) is 6.26 Å². The van der Waals surface area contributed by atoms with Gasteiger partial charge < -0.3 is 15.0 Å². The highest BCUT2D eigenvalue weighted by Gasteiger charge is 2.06. The summed E-state index contributed by atoms with van der Waals surface area (Å²) in [6.45, 7) is 4.53. The van der Waals surface area contributed by atoms with Gasteiger partial charge in [0.1, 0.15) is 9.84 Å². The highest BCUT2D eigenvalue weighted by molar-refractivity contribution is 14.0. The molecule has 0 atom stereocenters.